The summed E-state index contributed by atoms with van der Waals surface area (Å²) in [6.07, 6.45) is -4.44. The van der Waals surface area contributed by atoms with Crippen molar-refractivity contribution in [2.75, 3.05) is 7.05 Å². The van der Waals surface area contributed by atoms with Gasteiger partial charge in [0.25, 0.3) is 0 Å². The molecule has 0 unspecified atom stereocenters. The molecule has 3 aliphatic rings. The van der Waals surface area contributed by atoms with E-state index in [1.165, 1.54) is 19.1 Å². The van der Waals surface area contributed by atoms with E-state index in [1.807, 2.05) is 6.92 Å². The first-order chi connectivity index (χ1) is 21.1. The first kappa shape index (κ1) is 33.9. The number of hydrogen-bond acceptors (Lipinski definition) is 13. The minimum atomic E-state index is -1.57. The SMILES string of the molecule is CC[C@]12c3c4ccc(O)c3O[C@H]1C(OC(=O)C[C@H](CC(=O)[C@H](C)O)C(=O)O[C@@H](C)C(=O)O[C@@H](C)C(=O)O)=CC[C@@]2(O)[C@H](NC)C4. The second kappa shape index (κ2) is 12.8. The predicted molar refractivity (Wildman–Crippen MR) is 153 cm³/mol. The molecular weight excluding hydrogens is 594 g/mol. The molecule has 14 heteroatoms. The number of nitrogens with one attached hydrogen (secondary N) is 1. The Bertz CT molecular complexity index is 1420. The van der Waals surface area contributed by atoms with E-state index in [9.17, 15) is 39.3 Å². The maximum absolute atomic E-state index is 13.3. The average molecular weight is 634 g/mol. The van der Waals surface area contributed by atoms with Crippen LogP contribution in [0.5, 0.6) is 11.5 Å². The molecule has 0 saturated carbocycles. The van der Waals surface area contributed by atoms with E-state index in [0.717, 1.165) is 19.4 Å². The predicted octanol–water partition coefficient (Wildman–Crippen LogP) is 0.801. The molecule has 8 atom stereocenters. The zero-order valence-electron chi connectivity index (χ0n) is 25.7. The molecule has 0 bridgehead atoms. The molecule has 5 N–H and O–H groups in total. The molecule has 0 fully saturated rings. The minimum absolute atomic E-state index is 0.0541. The van der Waals surface area contributed by atoms with Crippen molar-refractivity contribution in [1.82, 2.24) is 5.32 Å². The van der Waals surface area contributed by atoms with Gasteiger partial charge in [-0.25, -0.2) is 9.59 Å². The Morgan fingerprint density at radius 3 is 2.33 bits per heavy atom. The Balaban J connectivity index is 1.57. The Morgan fingerprint density at radius 1 is 1.07 bits per heavy atom. The van der Waals surface area contributed by atoms with E-state index in [-0.39, 0.29) is 23.7 Å². The average Bonchev–Trinajstić information content (AvgIpc) is 3.36. The Labute approximate surface area is 259 Å². The number of carboxylic acid groups (broad SMARTS) is 1. The highest BCUT2D eigenvalue weighted by molar-refractivity contribution is 5.90. The van der Waals surface area contributed by atoms with Gasteiger partial charge in [-0.3, -0.25) is 14.4 Å². The van der Waals surface area contributed by atoms with Gasteiger partial charge >= 0.3 is 23.9 Å². The number of hydrogen-bond donors (Lipinski definition) is 5. The van der Waals surface area contributed by atoms with Crippen LogP contribution in [0.15, 0.2) is 24.0 Å². The number of phenolic OH excluding ortho intramolecular Hbond substituents is 1. The molecule has 0 aromatic heterocycles. The number of benzene rings is 1. The monoisotopic (exact) mass is 633 g/mol. The van der Waals surface area contributed by atoms with Gasteiger partial charge in [-0.2, -0.15) is 0 Å². The van der Waals surface area contributed by atoms with Gasteiger partial charge in [0.05, 0.1) is 23.4 Å². The summed E-state index contributed by atoms with van der Waals surface area (Å²) in [5.74, 6) is -6.81. The fourth-order valence-corrected chi connectivity index (χ4v) is 6.64. The molecule has 1 heterocycles. The van der Waals surface area contributed by atoms with Crippen molar-refractivity contribution < 1.29 is 63.3 Å². The number of ketones is 1. The Kier molecular flexibility index (Phi) is 9.61. The second-order valence-electron chi connectivity index (χ2n) is 11.8. The third-order valence-electron chi connectivity index (χ3n) is 9.06. The van der Waals surface area contributed by atoms with Crippen LogP contribution in [0.1, 0.15) is 64.5 Å². The molecule has 0 radical (unpaired) electrons. The van der Waals surface area contributed by atoms with E-state index in [2.05, 4.69) is 5.32 Å². The van der Waals surface area contributed by atoms with Gasteiger partial charge in [-0.1, -0.05) is 13.0 Å². The lowest BCUT2D eigenvalue weighted by molar-refractivity contribution is -0.177. The molecule has 0 saturated heterocycles. The van der Waals surface area contributed by atoms with Crippen LogP contribution in [0.4, 0.5) is 0 Å². The Morgan fingerprint density at radius 2 is 1.73 bits per heavy atom. The summed E-state index contributed by atoms with van der Waals surface area (Å²) >= 11 is 0. The number of aliphatic hydroxyl groups excluding tert-OH is 1. The van der Waals surface area contributed by atoms with E-state index < -0.39 is 89.9 Å². The smallest absolute Gasteiger partial charge is 0.347 e. The quantitative estimate of drug-likeness (QED) is 0.150. The van der Waals surface area contributed by atoms with Crippen molar-refractivity contribution in [3.63, 3.8) is 0 Å². The second-order valence-corrected chi connectivity index (χ2v) is 11.8. The van der Waals surface area contributed by atoms with E-state index in [0.29, 0.717) is 18.4 Å². The van der Waals surface area contributed by atoms with Crippen LogP contribution in [-0.4, -0.2) is 93.2 Å². The highest BCUT2D eigenvalue weighted by atomic mass is 16.6. The summed E-state index contributed by atoms with van der Waals surface area (Å²) in [5, 5.41) is 44.7. The number of carbonyl (C=O) groups excluding carboxylic acids is 4. The van der Waals surface area contributed by atoms with Crippen LogP contribution in [0, 0.1) is 5.92 Å². The van der Waals surface area contributed by atoms with Gasteiger partial charge in [-0.15, -0.1) is 0 Å². The van der Waals surface area contributed by atoms with E-state index in [1.54, 1.807) is 13.1 Å². The van der Waals surface area contributed by atoms with Crippen molar-refractivity contribution in [1.29, 1.82) is 0 Å². The highest BCUT2D eigenvalue weighted by Crippen LogP contribution is 2.63. The van der Waals surface area contributed by atoms with Crippen LogP contribution in [0.3, 0.4) is 0 Å². The fourth-order valence-electron chi connectivity index (χ4n) is 6.64. The molecule has 4 rings (SSSR count). The number of rotatable bonds is 13. The molecule has 1 aromatic carbocycles. The number of Topliss-reactive ketones (excluding diaryl/α,β-unsaturated/α-hetero) is 1. The van der Waals surface area contributed by atoms with Crippen LogP contribution in [-0.2, 0) is 50.0 Å². The van der Waals surface area contributed by atoms with Crippen LogP contribution >= 0.6 is 0 Å². The largest absolute Gasteiger partial charge is 0.504 e. The Hall–Kier alpha value is -4.01. The van der Waals surface area contributed by atoms with Crippen molar-refractivity contribution in [3.8, 4) is 11.5 Å². The maximum atomic E-state index is 13.3. The maximum Gasteiger partial charge on any atom is 0.347 e. The zero-order valence-corrected chi connectivity index (χ0v) is 25.7. The number of carboxylic acids is 1. The van der Waals surface area contributed by atoms with Crippen molar-refractivity contribution >= 4 is 29.7 Å². The lowest BCUT2D eigenvalue weighted by Gasteiger charge is -2.56. The molecule has 0 amide bonds. The first-order valence-corrected chi connectivity index (χ1v) is 14.8. The molecule has 246 valence electrons. The molecule has 1 aromatic rings. The number of aromatic hydroxyl groups is 1. The van der Waals surface area contributed by atoms with E-state index in [4.69, 9.17) is 24.1 Å². The number of ether oxygens (including phenoxy) is 4. The lowest BCUT2D eigenvalue weighted by Crippen LogP contribution is -2.70. The number of esters is 3. The number of aliphatic carboxylic acids is 1. The highest BCUT2D eigenvalue weighted by Gasteiger charge is 2.69. The normalized spacial score (nSPS) is 27.0. The minimum Gasteiger partial charge on any atom is -0.504 e. The van der Waals surface area contributed by atoms with Crippen molar-refractivity contribution in [3.05, 3.63) is 35.1 Å². The molecular formula is C31H39NO13. The topological polar surface area (TPSA) is 215 Å². The standard InChI is InChI=1S/C31H39NO13/c1-6-30-24-17-7-8-19(34)25(24)45-26(30)21(9-10-31(30,41)22(12-17)32-5)44-23(36)13-18(11-20(35)14(2)33)29(40)43-16(4)28(39)42-15(3)27(37)38/h7-9,14-16,18,22,26,32-34,41H,6,10-13H2,1-5H3,(H,37,38)/t14-,15-,16-,18-,22+,26-,30-,31+/m0/s1. The summed E-state index contributed by atoms with van der Waals surface area (Å²) in [4.78, 5) is 61.9. The lowest BCUT2D eigenvalue weighted by atomic mass is 9.52. The molecule has 2 aliphatic carbocycles. The zero-order chi connectivity index (χ0) is 33.4. The summed E-state index contributed by atoms with van der Waals surface area (Å²) in [7, 11) is 1.74. The third kappa shape index (κ3) is 5.89. The van der Waals surface area contributed by atoms with Gasteiger partial charge < -0.3 is 44.7 Å². The van der Waals surface area contributed by atoms with Gasteiger partial charge in [0.2, 0.25) is 0 Å². The fraction of sp³-hybridized carbons (Fsp3) is 0.581. The van der Waals surface area contributed by atoms with Gasteiger partial charge in [0, 0.05) is 24.4 Å². The molecule has 1 aliphatic heterocycles. The van der Waals surface area contributed by atoms with Gasteiger partial charge in [0.15, 0.2) is 35.6 Å². The number of phenols is 1. The van der Waals surface area contributed by atoms with Crippen LogP contribution < -0.4 is 10.1 Å². The molecule has 0 spiro atoms. The van der Waals surface area contributed by atoms with E-state index >= 15 is 0 Å². The summed E-state index contributed by atoms with van der Waals surface area (Å²) in [6.45, 7) is 5.31. The summed E-state index contributed by atoms with van der Waals surface area (Å²) < 4.78 is 21.8. The summed E-state index contributed by atoms with van der Waals surface area (Å²) in [6, 6.07) is 2.90. The van der Waals surface area contributed by atoms with Crippen LogP contribution in [0.25, 0.3) is 0 Å². The third-order valence-corrected chi connectivity index (χ3v) is 9.06. The van der Waals surface area contributed by atoms with Gasteiger partial charge in [0.1, 0.15) is 11.9 Å². The van der Waals surface area contributed by atoms with Crippen LogP contribution in [0.2, 0.25) is 0 Å². The first-order valence-electron chi connectivity index (χ1n) is 14.8. The molecule has 14 nitrogen and oxygen atoms in total. The van der Waals surface area contributed by atoms with Gasteiger partial charge in [-0.05, 0) is 58.4 Å². The summed E-state index contributed by atoms with van der Waals surface area (Å²) in [5.41, 5.74) is -0.959. The van der Waals surface area contributed by atoms with Crippen molar-refractivity contribution in [2.24, 2.45) is 5.92 Å². The number of carbonyl (C=O) groups is 5. The number of aliphatic hydroxyl groups is 2. The van der Waals surface area contributed by atoms with Crippen molar-refractivity contribution in [2.45, 2.75) is 101 Å². The number of likely N-dealkylation sites (N-methyl/N-ethyl adjacent to an activating group) is 1. The molecule has 45 heavy (non-hydrogen) atoms.